The lowest BCUT2D eigenvalue weighted by Gasteiger charge is -2.09. The Labute approximate surface area is 115 Å². The molecule has 0 atom stereocenters. The molecule has 1 aromatic rings. The van der Waals surface area contributed by atoms with Gasteiger partial charge in [0, 0.05) is 11.6 Å². The molecule has 0 aliphatic carbocycles. The third kappa shape index (κ3) is 5.11. The highest BCUT2D eigenvalue weighted by molar-refractivity contribution is 7.86. The number of benzene rings is 1. The van der Waals surface area contributed by atoms with Crippen LogP contribution in [0.1, 0.15) is 5.56 Å². The number of nitrogens with zero attached hydrogens (tertiary/aromatic N) is 1. The van der Waals surface area contributed by atoms with Crippen LogP contribution in [0.25, 0.3) is 0 Å². The highest BCUT2D eigenvalue weighted by Gasteiger charge is 2.23. The second-order valence-corrected chi connectivity index (χ2v) is 7.00. The molecule has 0 radical (unpaired) electrons. The molecule has 0 aliphatic heterocycles. The van der Waals surface area contributed by atoms with Crippen LogP contribution in [-0.2, 0) is 31.0 Å². The van der Waals surface area contributed by atoms with Gasteiger partial charge in [-0.3, -0.25) is 14.3 Å². The first-order valence-electron chi connectivity index (χ1n) is 5.00. The summed E-state index contributed by atoms with van der Waals surface area (Å²) in [7, 11) is -7.81. The minimum absolute atomic E-state index is 0.0740. The summed E-state index contributed by atoms with van der Waals surface area (Å²) in [4.78, 5) is 9.99. The molecular weight excluding hydrogens is 314 g/mol. The van der Waals surface area contributed by atoms with Crippen LogP contribution >= 0.6 is 0 Å². The maximum Gasteiger partial charge on any atom is 0.313 e. The van der Waals surface area contributed by atoms with Crippen molar-refractivity contribution >= 4 is 25.9 Å². The second kappa shape index (κ2) is 5.73. The predicted molar refractivity (Wildman–Crippen MR) is 68.2 cm³/mol. The fraction of sp³-hybridized carbons (Fsp3) is 0.333. The number of rotatable bonds is 6. The van der Waals surface area contributed by atoms with E-state index in [0.717, 1.165) is 12.3 Å². The molecular formula is C9H11NO8S2. The summed E-state index contributed by atoms with van der Waals surface area (Å²) in [5.41, 5.74) is -0.680. The van der Waals surface area contributed by atoms with Gasteiger partial charge in [-0.25, -0.2) is 0 Å². The van der Waals surface area contributed by atoms with E-state index in [-0.39, 0.29) is 5.56 Å². The van der Waals surface area contributed by atoms with Crippen molar-refractivity contribution in [3.05, 3.63) is 33.9 Å². The third-order valence-electron chi connectivity index (χ3n) is 1.94. The first kappa shape index (κ1) is 16.3. The van der Waals surface area contributed by atoms with Crippen molar-refractivity contribution in [2.45, 2.75) is 6.61 Å². The molecule has 0 heterocycles. The quantitative estimate of drug-likeness (QED) is 0.417. The average molecular weight is 325 g/mol. The molecule has 0 bridgehead atoms. The van der Waals surface area contributed by atoms with Crippen LogP contribution in [0.4, 0.5) is 5.69 Å². The van der Waals surface area contributed by atoms with Crippen molar-refractivity contribution in [1.29, 1.82) is 0 Å². The Morgan fingerprint density at radius 2 is 1.75 bits per heavy atom. The van der Waals surface area contributed by atoms with Gasteiger partial charge in [-0.1, -0.05) is 12.1 Å². The SMILES string of the molecule is CS(=O)(=O)OCc1cccc([N+](=O)[O-])c1OS(C)(=O)=O. The van der Waals surface area contributed by atoms with Gasteiger partial charge in [-0.05, 0) is 0 Å². The monoisotopic (exact) mass is 325 g/mol. The van der Waals surface area contributed by atoms with Crippen molar-refractivity contribution in [2.24, 2.45) is 0 Å². The Morgan fingerprint density at radius 3 is 2.20 bits per heavy atom. The van der Waals surface area contributed by atoms with Crippen LogP contribution in [0.2, 0.25) is 0 Å². The lowest BCUT2D eigenvalue weighted by atomic mass is 10.2. The first-order valence-corrected chi connectivity index (χ1v) is 8.63. The molecule has 0 fully saturated rings. The van der Waals surface area contributed by atoms with Crippen molar-refractivity contribution in [3.8, 4) is 5.75 Å². The largest absolute Gasteiger partial charge is 0.375 e. The van der Waals surface area contributed by atoms with Crippen LogP contribution in [0, 0.1) is 10.1 Å². The van der Waals surface area contributed by atoms with E-state index in [4.69, 9.17) is 0 Å². The Morgan fingerprint density at radius 1 is 1.15 bits per heavy atom. The summed E-state index contributed by atoms with van der Waals surface area (Å²) >= 11 is 0. The fourth-order valence-corrected chi connectivity index (χ4v) is 2.08. The number of para-hydroxylation sites is 1. The van der Waals surface area contributed by atoms with E-state index in [2.05, 4.69) is 8.37 Å². The van der Waals surface area contributed by atoms with E-state index >= 15 is 0 Å². The smallest absolute Gasteiger partial charge is 0.313 e. The van der Waals surface area contributed by atoms with Crippen molar-refractivity contribution in [2.75, 3.05) is 12.5 Å². The fourth-order valence-electron chi connectivity index (χ4n) is 1.25. The zero-order valence-corrected chi connectivity index (χ0v) is 12.1. The molecule has 0 aliphatic rings. The lowest BCUT2D eigenvalue weighted by Crippen LogP contribution is -2.11. The van der Waals surface area contributed by atoms with Crippen molar-refractivity contribution < 1.29 is 30.1 Å². The minimum Gasteiger partial charge on any atom is -0.375 e. The van der Waals surface area contributed by atoms with Gasteiger partial charge in [0.05, 0.1) is 24.0 Å². The zero-order chi connectivity index (χ0) is 15.6. The number of nitro benzene ring substituents is 1. The van der Waals surface area contributed by atoms with E-state index in [9.17, 15) is 26.9 Å². The molecule has 9 nitrogen and oxygen atoms in total. The van der Waals surface area contributed by atoms with Crippen LogP contribution in [-0.4, -0.2) is 34.3 Å². The van der Waals surface area contributed by atoms with Crippen LogP contribution < -0.4 is 4.18 Å². The molecule has 20 heavy (non-hydrogen) atoms. The maximum atomic E-state index is 11.1. The first-order chi connectivity index (χ1) is 8.99. The third-order valence-corrected chi connectivity index (χ3v) is 2.95. The summed E-state index contributed by atoms with van der Waals surface area (Å²) in [6, 6.07) is 3.55. The van der Waals surface area contributed by atoms with Gasteiger partial charge in [0.2, 0.25) is 5.75 Å². The minimum atomic E-state index is -4.02. The highest BCUT2D eigenvalue weighted by atomic mass is 32.2. The summed E-state index contributed by atoms with van der Waals surface area (Å²) in [6.07, 6.45) is 1.51. The molecule has 0 spiro atoms. The summed E-state index contributed by atoms with van der Waals surface area (Å²) in [6.45, 7) is -0.578. The molecule has 11 heteroatoms. The molecule has 1 rings (SSSR count). The van der Waals surface area contributed by atoms with E-state index in [1.807, 2.05) is 0 Å². The van der Waals surface area contributed by atoms with Gasteiger partial charge >= 0.3 is 15.8 Å². The van der Waals surface area contributed by atoms with Crippen LogP contribution in [0.5, 0.6) is 5.75 Å². The number of hydrogen-bond donors (Lipinski definition) is 0. The Bertz CT molecular complexity index is 722. The molecule has 0 unspecified atom stereocenters. The van der Waals surface area contributed by atoms with E-state index < -0.39 is 43.2 Å². The van der Waals surface area contributed by atoms with Crippen molar-refractivity contribution in [3.63, 3.8) is 0 Å². The molecule has 0 amide bonds. The molecule has 0 saturated carbocycles. The Hall–Kier alpha value is -1.72. The zero-order valence-electron chi connectivity index (χ0n) is 10.5. The maximum absolute atomic E-state index is 11.1. The predicted octanol–water partition coefficient (Wildman–Crippen LogP) is 0.409. The second-order valence-electron chi connectivity index (χ2n) is 3.78. The van der Waals surface area contributed by atoms with Gasteiger partial charge in [-0.2, -0.15) is 16.8 Å². The number of hydrogen-bond acceptors (Lipinski definition) is 8. The topological polar surface area (TPSA) is 130 Å². The Balaban J connectivity index is 3.29. The molecule has 0 N–H and O–H groups in total. The molecule has 1 aromatic carbocycles. The van der Waals surface area contributed by atoms with Crippen LogP contribution in [0.15, 0.2) is 18.2 Å². The summed E-state index contributed by atoms with van der Waals surface area (Å²) in [5.74, 6) is -0.566. The van der Waals surface area contributed by atoms with Gasteiger partial charge in [-0.15, -0.1) is 0 Å². The van der Waals surface area contributed by atoms with Gasteiger partial charge < -0.3 is 4.18 Å². The standard InChI is InChI=1S/C9H11NO8S2/c1-19(13,14)17-6-7-4-3-5-8(10(11)12)9(7)18-20(2,15)16/h3-5H,6H2,1-2H3. The number of nitro groups is 1. The Kier molecular flexibility index (Phi) is 4.68. The van der Waals surface area contributed by atoms with Crippen LogP contribution in [0.3, 0.4) is 0 Å². The summed E-state index contributed by atoms with van der Waals surface area (Å²) < 4.78 is 53.1. The van der Waals surface area contributed by atoms with E-state index in [1.54, 1.807) is 0 Å². The molecule has 112 valence electrons. The summed E-state index contributed by atoms with van der Waals surface area (Å²) in [5, 5.41) is 10.8. The van der Waals surface area contributed by atoms with E-state index in [0.29, 0.717) is 6.26 Å². The molecule has 0 saturated heterocycles. The van der Waals surface area contributed by atoms with Gasteiger partial charge in [0.25, 0.3) is 10.1 Å². The van der Waals surface area contributed by atoms with Gasteiger partial charge in [0.15, 0.2) is 0 Å². The van der Waals surface area contributed by atoms with E-state index in [1.165, 1.54) is 12.1 Å². The molecule has 0 aromatic heterocycles. The lowest BCUT2D eigenvalue weighted by molar-refractivity contribution is -0.385. The average Bonchev–Trinajstić information content (AvgIpc) is 2.23. The highest BCUT2D eigenvalue weighted by Crippen LogP contribution is 2.32. The van der Waals surface area contributed by atoms with Gasteiger partial charge in [0.1, 0.15) is 0 Å². The normalized spacial score (nSPS) is 12.1. The van der Waals surface area contributed by atoms with Crippen molar-refractivity contribution in [1.82, 2.24) is 0 Å².